The maximum Gasteiger partial charge on any atom is 0.255 e. The van der Waals surface area contributed by atoms with E-state index in [2.05, 4.69) is 9.88 Å². The number of likely N-dealkylation sites (tertiary alicyclic amines) is 1. The molecule has 1 spiro atoms. The molecule has 2 fully saturated rings. The monoisotopic (exact) mass is 350 g/mol. The van der Waals surface area contributed by atoms with Crippen molar-refractivity contribution >= 4 is 17.5 Å². The number of hydrogen-bond donors (Lipinski definition) is 0. The minimum absolute atomic E-state index is 0.00605. The number of carbonyl (C=O) groups is 2. The molecule has 1 atom stereocenters. The van der Waals surface area contributed by atoms with Crippen LogP contribution in [0.2, 0.25) is 0 Å². The van der Waals surface area contributed by atoms with Gasteiger partial charge in [0.25, 0.3) is 5.91 Å². The summed E-state index contributed by atoms with van der Waals surface area (Å²) < 4.78 is 0. The minimum atomic E-state index is -0.207. The summed E-state index contributed by atoms with van der Waals surface area (Å²) in [6.07, 6.45) is 4.13. The lowest BCUT2D eigenvalue weighted by atomic mass is 9.92. The third-order valence-corrected chi connectivity index (χ3v) is 5.53. The van der Waals surface area contributed by atoms with Crippen LogP contribution in [0.5, 0.6) is 0 Å². The van der Waals surface area contributed by atoms with Gasteiger partial charge in [-0.1, -0.05) is 18.2 Å². The lowest BCUT2D eigenvalue weighted by Gasteiger charge is -2.46. The number of pyridine rings is 1. The molecule has 0 bridgehead atoms. The molecule has 3 heterocycles. The Balaban J connectivity index is 1.56. The number of rotatable bonds is 2. The van der Waals surface area contributed by atoms with Gasteiger partial charge in [-0.2, -0.15) is 0 Å². The summed E-state index contributed by atoms with van der Waals surface area (Å²) in [4.78, 5) is 35.3. The first-order valence-electron chi connectivity index (χ1n) is 8.85. The third kappa shape index (κ3) is 2.86. The molecule has 0 N–H and O–H groups in total. The van der Waals surface area contributed by atoms with Gasteiger partial charge in [0.05, 0.1) is 17.6 Å². The second-order valence-electron chi connectivity index (χ2n) is 7.11. The quantitative estimate of drug-likeness (QED) is 0.826. The van der Waals surface area contributed by atoms with Crippen molar-refractivity contribution in [1.29, 1.82) is 0 Å². The Morgan fingerprint density at radius 2 is 1.92 bits per heavy atom. The molecule has 1 aromatic heterocycles. The predicted molar refractivity (Wildman–Crippen MR) is 98.9 cm³/mol. The van der Waals surface area contributed by atoms with E-state index in [-0.39, 0.29) is 17.4 Å². The maximum atomic E-state index is 12.8. The number of nitrogens with zero attached hydrogens (tertiary/aromatic N) is 4. The Labute approximate surface area is 153 Å². The molecule has 1 aromatic carbocycles. The summed E-state index contributed by atoms with van der Waals surface area (Å²) >= 11 is 0. The number of benzene rings is 1. The van der Waals surface area contributed by atoms with Crippen molar-refractivity contribution in [3.05, 3.63) is 60.4 Å². The van der Waals surface area contributed by atoms with Crippen molar-refractivity contribution in [3.8, 4) is 0 Å². The van der Waals surface area contributed by atoms with Gasteiger partial charge in [-0.05, 0) is 37.7 Å². The van der Waals surface area contributed by atoms with Crippen molar-refractivity contribution in [2.75, 3.05) is 38.1 Å². The molecule has 26 heavy (non-hydrogen) atoms. The molecule has 6 heteroatoms. The van der Waals surface area contributed by atoms with E-state index in [4.69, 9.17) is 0 Å². The zero-order chi connectivity index (χ0) is 18.1. The summed E-state index contributed by atoms with van der Waals surface area (Å²) in [5.41, 5.74) is 1.32. The fourth-order valence-corrected chi connectivity index (χ4v) is 3.94. The van der Waals surface area contributed by atoms with Crippen LogP contribution in [0.15, 0.2) is 54.9 Å². The highest BCUT2D eigenvalue weighted by molar-refractivity contribution is 5.96. The number of piperazine rings is 1. The van der Waals surface area contributed by atoms with E-state index in [1.54, 1.807) is 24.5 Å². The summed E-state index contributed by atoms with van der Waals surface area (Å²) in [6, 6.07) is 13.3. The van der Waals surface area contributed by atoms with Gasteiger partial charge >= 0.3 is 0 Å². The van der Waals surface area contributed by atoms with E-state index < -0.39 is 0 Å². The first kappa shape index (κ1) is 16.7. The van der Waals surface area contributed by atoms with Crippen molar-refractivity contribution in [2.24, 2.45) is 0 Å². The lowest BCUT2D eigenvalue weighted by molar-refractivity contribution is -0.123. The van der Waals surface area contributed by atoms with Crippen LogP contribution in [-0.2, 0) is 4.79 Å². The molecule has 2 aliphatic heterocycles. The van der Waals surface area contributed by atoms with E-state index in [9.17, 15) is 9.59 Å². The molecule has 0 unspecified atom stereocenters. The van der Waals surface area contributed by atoms with Gasteiger partial charge < -0.3 is 9.80 Å². The number of amides is 2. The Morgan fingerprint density at radius 3 is 2.65 bits per heavy atom. The fraction of sp³-hybridized carbons (Fsp3) is 0.350. The number of para-hydroxylation sites is 1. The first-order valence-corrected chi connectivity index (χ1v) is 8.85. The van der Waals surface area contributed by atoms with Crippen molar-refractivity contribution in [1.82, 2.24) is 14.8 Å². The van der Waals surface area contributed by atoms with Crippen LogP contribution in [0.3, 0.4) is 0 Å². The molecule has 2 aliphatic rings. The highest BCUT2D eigenvalue weighted by atomic mass is 16.2. The normalized spacial score (nSPS) is 23.7. The van der Waals surface area contributed by atoms with Crippen LogP contribution < -0.4 is 4.90 Å². The van der Waals surface area contributed by atoms with Crippen LogP contribution in [0.25, 0.3) is 0 Å². The summed E-state index contributed by atoms with van der Waals surface area (Å²) in [7, 11) is 1.98. The number of aromatic nitrogens is 1. The Morgan fingerprint density at radius 1 is 1.12 bits per heavy atom. The molecule has 0 radical (unpaired) electrons. The topological polar surface area (TPSA) is 56.8 Å². The largest absolute Gasteiger partial charge is 0.337 e. The first-order chi connectivity index (χ1) is 12.6. The standard InChI is InChI=1S/C20H22N4O2/c1-22-13-18(25)24(17-7-3-2-4-8-17)15-20(22)9-11-23(14-20)19(26)16-6-5-10-21-12-16/h2-8,10,12H,9,11,13-15H2,1H3/t20-/m0/s1. The van der Waals surface area contributed by atoms with Crippen molar-refractivity contribution < 1.29 is 9.59 Å². The number of hydrogen-bond acceptors (Lipinski definition) is 4. The Hall–Kier alpha value is -2.73. The van der Waals surface area contributed by atoms with Gasteiger partial charge in [0.15, 0.2) is 0 Å². The SMILES string of the molecule is CN1CC(=O)N(c2ccccc2)C[C@@]12CCN(C(=O)c1cccnc1)C2. The number of carbonyl (C=O) groups excluding carboxylic acids is 2. The molecule has 2 saturated heterocycles. The fourth-order valence-electron chi connectivity index (χ4n) is 3.94. The zero-order valence-electron chi connectivity index (χ0n) is 14.8. The van der Waals surface area contributed by atoms with Gasteiger partial charge in [-0.25, -0.2) is 0 Å². The van der Waals surface area contributed by atoms with E-state index in [1.807, 2.05) is 47.2 Å². The van der Waals surface area contributed by atoms with Crippen LogP contribution in [0, 0.1) is 0 Å². The van der Waals surface area contributed by atoms with Crippen molar-refractivity contribution in [3.63, 3.8) is 0 Å². The second-order valence-corrected chi connectivity index (χ2v) is 7.11. The lowest BCUT2D eigenvalue weighted by Crippen LogP contribution is -2.64. The summed E-state index contributed by atoms with van der Waals surface area (Å²) in [6.45, 7) is 2.27. The van der Waals surface area contributed by atoms with Crippen LogP contribution >= 0.6 is 0 Å². The van der Waals surface area contributed by atoms with Crippen molar-refractivity contribution in [2.45, 2.75) is 12.0 Å². The Bertz CT molecular complexity index is 811. The smallest absolute Gasteiger partial charge is 0.255 e. The van der Waals surface area contributed by atoms with Gasteiger partial charge in [-0.3, -0.25) is 19.5 Å². The molecule has 4 rings (SSSR count). The second kappa shape index (κ2) is 6.53. The molecule has 2 amide bonds. The van der Waals surface area contributed by atoms with Crippen LogP contribution in [-0.4, -0.2) is 65.4 Å². The Kier molecular flexibility index (Phi) is 4.20. The van der Waals surface area contributed by atoms with Gasteiger partial charge in [0, 0.05) is 37.7 Å². The average Bonchev–Trinajstić information content (AvgIpc) is 3.11. The molecule has 2 aromatic rings. The molecule has 0 saturated carbocycles. The molecular weight excluding hydrogens is 328 g/mol. The third-order valence-electron chi connectivity index (χ3n) is 5.53. The van der Waals surface area contributed by atoms with Gasteiger partial charge in [0.1, 0.15) is 0 Å². The predicted octanol–water partition coefficient (Wildman–Crippen LogP) is 1.64. The highest BCUT2D eigenvalue weighted by Gasteiger charge is 2.48. The van der Waals surface area contributed by atoms with E-state index in [0.717, 1.165) is 12.1 Å². The number of likely N-dealkylation sites (N-methyl/N-ethyl adjacent to an activating group) is 1. The van der Waals surface area contributed by atoms with E-state index in [1.165, 1.54) is 0 Å². The number of anilines is 1. The van der Waals surface area contributed by atoms with E-state index >= 15 is 0 Å². The minimum Gasteiger partial charge on any atom is -0.337 e. The zero-order valence-corrected chi connectivity index (χ0v) is 14.8. The molecular formula is C20H22N4O2. The van der Waals surface area contributed by atoms with Gasteiger partial charge in [0.2, 0.25) is 5.91 Å². The average molecular weight is 350 g/mol. The molecule has 6 nitrogen and oxygen atoms in total. The summed E-state index contributed by atoms with van der Waals surface area (Å²) in [5, 5.41) is 0. The highest BCUT2D eigenvalue weighted by Crippen LogP contribution is 2.33. The van der Waals surface area contributed by atoms with E-state index in [0.29, 0.717) is 31.7 Å². The summed E-state index contributed by atoms with van der Waals surface area (Å²) in [5.74, 6) is 0.105. The van der Waals surface area contributed by atoms with Crippen LogP contribution in [0.4, 0.5) is 5.69 Å². The maximum absolute atomic E-state index is 12.8. The van der Waals surface area contributed by atoms with Crippen LogP contribution in [0.1, 0.15) is 16.8 Å². The molecule has 0 aliphatic carbocycles. The molecule has 134 valence electrons. The van der Waals surface area contributed by atoms with Gasteiger partial charge in [-0.15, -0.1) is 0 Å².